The minimum Gasteiger partial charge on any atom is -0.323 e. The van der Waals surface area contributed by atoms with E-state index in [2.05, 4.69) is 10.3 Å². The van der Waals surface area contributed by atoms with Crippen LogP contribution in [0.15, 0.2) is 83.9 Å². The molecule has 36 heavy (non-hydrogen) atoms. The molecule has 1 aromatic heterocycles. The predicted octanol–water partition coefficient (Wildman–Crippen LogP) is 3.50. The van der Waals surface area contributed by atoms with Crippen molar-refractivity contribution in [1.29, 1.82) is 0 Å². The highest BCUT2D eigenvalue weighted by molar-refractivity contribution is 7.89. The molecule has 7 nitrogen and oxygen atoms in total. The number of rotatable bonds is 7. The van der Waals surface area contributed by atoms with E-state index in [-0.39, 0.29) is 16.8 Å². The van der Waals surface area contributed by atoms with Gasteiger partial charge in [-0.15, -0.1) is 0 Å². The zero-order valence-corrected chi connectivity index (χ0v) is 21.5. The summed E-state index contributed by atoms with van der Waals surface area (Å²) in [5.74, 6) is 0.0591. The van der Waals surface area contributed by atoms with E-state index in [0.29, 0.717) is 50.3 Å². The van der Waals surface area contributed by atoms with E-state index in [1.807, 2.05) is 53.4 Å². The van der Waals surface area contributed by atoms with E-state index < -0.39 is 15.7 Å². The van der Waals surface area contributed by atoms with Crippen LogP contribution in [0.5, 0.6) is 0 Å². The summed E-state index contributed by atoms with van der Waals surface area (Å²) >= 11 is 5.95. The SMILES string of the molecule is O=C1[C@H](Cc2ccccc2)NC2(CCN(S(=O)(=O)c3ccc(Cl)cc3)CC2)N1CCc1ccccn1. The molecule has 1 amide bonds. The first kappa shape index (κ1) is 24.9. The van der Waals surface area contributed by atoms with Gasteiger partial charge in [-0.25, -0.2) is 8.42 Å². The zero-order valence-electron chi connectivity index (χ0n) is 19.9. The van der Waals surface area contributed by atoms with Crippen LogP contribution in [-0.4, -0.2) is 59.9 Å². The average molecular weight is 525 g/mol. The van der Waals surface area contributed by atoms with Crippen LogP contribution >= 0.6 is 11.6 Å². The molecule has 3 heterocycles. The van der Waals surface area contributed by atoms with Crippen LogP contribution in [0, 0.1) is 0 Å². The Kier molecular flexibility index (Phi) is 7.12. The summed E-state index contributed by atoms with van der Waals surface area (Å²) in [7, 11) is -3.64. The molecule has 0 saturated carbocycles. The molecular weight excluding hydrogens is 496 g/mol. The number of piperidine rings is 1. The van der Waals surface area contributed by atoms with Crippen molar-refractivity contribution in [3.05, 3.63) is 95.3 Å². The highest BCUT2D eigenvalue weighted by Gasteiger charge is 2.52. The molecular formula is C27H29ClN4O3S. The van der Waals surface area contributed by atoms with Crippen molar-refractivity contribution in [1.82, 2.24) is 19.5 Å². The molecule has 0 unspecified atom stereocenters. The first-order valence-electron chi connectivity index (χ1n) is 12.2. The fourth-order valence-electron chi connectivity index (χ4n) is 5.21. The Hall–Kier alpha value is -2.78. The van der Waals surface area contributed by atoms with Crippen LogP contribution in [0.2, 0.25) is 5.02 Å². The number of aromatic nitrogens is 1. The summed E-state index contributed by atoms with van der Waals surface area (Å²) in [5, 5.41) is 4.12. The van der Waals surface area contributed by atoms with Crippen LogP contribution < -0.4 is 5.32 Å². The van der Waals surface area contributed by atoms with Crippen LogP contribution in [-0.2, 0) is 27.7 Å². The fourth-order valence-corrected chi connectivity index (χ4v) is 6.78. The van der Waals surface area contributed by atoms with Crippen LogP contribution in [0.4, 0.5) is 0 Å². The van der Waals surface area contributed by atoms with Crippen molar-refractivity contribution in [2.45, 2.75) is 42.3 Å². The fraction of sp³-hybridized carbons (Fsp3) is 0.333. The van der Waals surface area contributed by atoms with Gasteiger partial charge in [0.1, 0.15) is 0 Å². The van der Waals surface area contributed by atoms with E-state index in [0.717, 1.165) is 11.3 Å². The number of amides is 1. The zero-order chi connectivity index (χ0) is 25.2. The normalized spacial score (nSPS) is 20.2. The van der Waals surface area contributed by atoms with Crippen molar-refractivity contribution in [2.75, 3.05) is 19.6 Å². The average Bonchev–Trinajstić information content (AvgIpc) is 3.14. The van der Waals surface area contributed by atoms with Crippen molar-refractivity contribution in [3.8, 4) is 0 Å². The Balaban J connectivity index is 1.35. The Bertz CT molecular complexity index is 1300. The number of carbonyl (C=O) groups excluding carboxylic acids is 1. The lowest BCUT2D eigenvalue weighted by Crippen LogP contribution is -2.59. The summed E-state index contributed by atoms with van der Waals surface area (Å²) in [4.78, 5) is 20.2. The van der Waals surface area contributed by atoms with Gasteiger partial charge in [0.25, 0.3) is 0 Å². The smallest absolute Gasteiger partial charge is 0.243 e. The van der Waals surface area contributed by atoms with Gasteiger partial charge in [0.2, 0.25) is 15.9 Å². The van der Waals surface area contributed by atoms with Crippen LogP contribution in [0.1, 0.15) is 24.1 Å². The Morgan fingerprint density at radius 2 is 1.67 bits per heavy atom. The lowest BCUT2D eigenvalue weighted by atomic mass is 9.97. The van der Waals surface area contributed by atoms with Crippen LogP contribution in [0.25, 0.3) is 0 Å². The lowest BCUT2D eigenvalue weighted by Gasteiger charge is -2.44. The molecule has 1 N–H and O–H groups in total. The molecule has 2 aliphatic heterocycles. The van der Waals surface area contributed by atoms with Crippen molar-refractivity contribution in [2.24, 2.45) is 0 Å². The minimum atomic E-state index is -3.64. The summed E-state index contributed by atoms with van der Waals surface area (Å²) in [6.45, 7) is 1.17. The number of hydrogen-bond donors (Lipinski definition) is 1. The molecule has 3 aromatic rings. The number of nitrogens with zero attached hydrogens (tertiary/aromatic N) is 3. The Morgan fingerprint density at radius 3 is 2.33 bits per heavy atom. The second-order valence-corrected chi connectivity index (χ2v) is 11.7. The van der Waals surface area contributed by atoms with Crippen LogP contribution in [0.3, 0.4) is 0 Å². The number of carbonyl (C=O) groups is 1. The Labute approximate surface area is 217 Å². The van der Waals surface area contributed by atoms with Gasteiger partial charge < -0.3 is 4.90 Å². The van der Waals surface area contributed by atoms with E-state index in [4.69, 9.17) is 11.6 Å². The molecule has 9 heteroatoms. The van der Waals surface area contributed by atoms with E-state index >= 15 is 0 Å². The van der Waals surface area contributed by atoms with Crippen molar-refractivity contribution < 1.29 is 13.2 Å². The third-order valence-corrected chi connectivity index (χ3v) is 9.29. The predicted molar refractivity (Wildman–Crippen MR) is 139 cm³/mol. The molecule has 1 atom stereocenters. The maximum Gasteiger partial charge on any atom is 0.243 e. The Morgan fingerprint density at radius 1 is 0.972 bits per heavy atom. The van der Waals surface area contributed by atoms with E-state index in [1.165, 1.54) is 16.4 Å². The molecule has 0 radical (unpaired) electrons. The second-order valence-electron chi connectivity index (χ2n) is 9.34. The van der Waals surface area contributed by atoms with Gasteiger partial charge in [0, 0.05) is 43.0 Å². The monoisotopic (exact) mass is 524 g/mol. The maximum atomic E-state index is 13.6. The molecule has 2 fully saturated rings. The molecule has 0 aliphatic carbocycles. The van der Waals surface area contributed by atoms with Gasteiger partial charge in [-0.1, -0.05) is 48.0 Å². The molecule has 5 rings (SSSR count). The quantitative estimate of drug-likeness (QED) is 0.511. The van der Waals surface area contributed by atoms with E-state index in [1.54, 1.807) is 18.3 Å². The lowest BCUT2D eigenvalue weighted by molar-refractivity contribution is -0.133. The first-order chi connectivity index (χ1) is 17.4. The van der Waals surface area contributed by atoms with Gasteiger partial charge in [-0.05, 0) is 61.2 Å². The summed E-state index contributed by atoms with van der Waals surface area (Å²) in [6.07, 6.45) is 4.01. The maximum absolute atomic E-state index is 13.6. The van der Waals surface area contributed by atoms with Crippen molar-refractivity contribution in [3.63, 3.8) is 0 Å². The van der Waals surface area contributed by atoms with Gasteiger partial charge >= 0.3 is 0 Å². The van der Waals surface area contributed by atoms with Gasteiger partial charge in [-0.3, -0.25) is 15.1 Å². The third-order valence-electron chi connectivity index (χ3n) is 7.13. The van der Waals surface area contributed by atoms with Gasteiger partial charge in [-0.2, -0.15) is 4.31 Å². The van der Waals surface area contributed by atoms with Crippen molar-refractivity contribution >= 4 is 27.5 Å². The highest BCUT2D eigenvalue weighted by Crippen LogP contribution is 2.35. The number of benzene rings is 2. The molecule has 2 saturated heterocycles. The number of nitrogens with one attached hydrogen (secondary N) is 1. The highest BCUT2D eigenvalue weighted by atomic mass is 35.5. The second kappa shape index (κ2) is 10.3. The molecule has 188 valence electrons. The molecule has 0 bridgehead atoms. The molecule has 2 aromatic carbocycles. The van der Waals surface area contributed by atoms with E-state index in [9.17, 15) is 13.2 Å². The minimum absolute atomic E-state index is 0.0591. The molecule has 1 spiro atoms. The first-order valence-corrected chi connectivity index (χ1v) is 14.0. The summed E-state index contributed by atoms with van der Waals surface area (Å²) < 4.78 is 28.0. The summed E-state index contributed by atoms with van der Waals surface area (Å²) in [6, 6.07) is 21.6. The number of hydrogen-bond acceptors (Lipinski definition) is 5. The summed E-state index contributed by atoms with van der Waals surface area (Å²) in [5.41, 5.74) is 1.43. The van der Waals surface area contributed by atoms with Gasteiger partial charge in [0.05, 0.1) is 16.6 Å². The topological polar surface area (TPSA) is 82.6 Å². The van der Waals surface area contributed by atoms with Gasteiger partial charge in [0.15, 0.2) is 0 Å². The molecule has 2 aliphatic rings. The standard InChI is InChI=1S/C27H29ClN4O3S/c28-22-9-11-24(12-10-22)36(34,35)31-18-14-27(15-19-31)30-25(20-21-6-2-1-3-7-21)26(33)32(27)17-13-23-8-4-5-16-29-23/h1-12,16,25,30H,13-15,17-20H2/t25-/m0/s1. The third kappa shape index (κ3) is 5.04. The number of halogens is 1. The number of pyridine rings is 1. The largest absolute Gasteiger partial charge is 0.323 e. The number of sulfonamides is 1.